The standard InChI is InChI=1S/C11H10O4/c12-10(13)9-5-7-3-1-2-4-8(7)6-11(9,14)15/h1-5,14-15H,6H2,(H,12,13). The maximum Gasteiger partial charge on any atom is 0.337 e. The van der Waals surface area contributed by atoms with Gasteiger partial charge in [0, 0.05) is 6.42 Å². The zero-order valence-corrected chi connectivity index (χ0v) is 7.84. The Bertz CT molecular complexity index is 446. The van der Waals surface area contributed by atoms with Crippen molar-refractivity contribution < 1.29 is 20.1 Å². The number of carbonyl (C=O) groups is 1. The first-order chi connectivity index (χ1) is 7.00. The molecule has 0 aliphatic heterocycles. The molecule has 15 heavy (non-hydrogen) atoms. The van der Waals surface area contributed by atoms with Gasteiger partial charge in [0.05, 0.1) is 5.57 Å². The number of hydrogen-bond acceptors (Lipinski definition) is 3. The number of rotatable bonds is 1. The van der Waals surface area contributed by atoms with Gasteiger partial charge in [-0.25, -0.2) is 4.79 Å². The fourth-order valence-electron chi connectivity index (χ4n) is 1.70. The van der Waals surface area contributed by atoms with Crippen LogP contribution in [0.3, 0.4) is 0 Å². The molecule has 0 spiro atoms. The number of hydrogen-bond donors (Lipinski definition) is 3. The highest BCUT2D eigenvalue weighted by Gasteiger charge is 2.37. The summed E-state index contributed by atoms with van der Waals surface area (Å²) in [5, 5.41) is 27.9. The van der Waals surface area contributed by atoms with E-state index < -0.39 is 11.8 Å². The van der Waals surface area contributed by atoms with E-state index in [4.69, 9.17) is 5.11 Å². The van der Waals surface area contributed by atoms with Crippen LogP contribution in [0.5, 0.6) is 0 Å². The summed E-state index contributed by atoms with van der Waals surface area (Å²) in [5.41, 5.74) is 1.06. The molecule has 0 bridgehead atoms. The summed E-state index contributed by atoms with van der Waals surface area (Å²) >= 11 is 0. The first-order valence-electron chi connectivity index (χ1n) is 4.49. The quantitative estimate of drug-likeness (QED) is 0.581. The summed E-state index contributed by atoms with van der Waals surface area (Å²) in [5.74, 6) is -3.59. The molecule has 1 aromatic carbocycles. The van der Waals surface area contributed by atoms with E-state index in [1.165, 1.54) is 6.08 Å². The van der Waals surface area contributed by atoms with E-state index in [0.717, 1.165) is 5.56 Å². The molecule has 0 amide bonds. The predicted molar refractivity (Wildman–Crippen MR) is 52.9 cm³/mol. The molecule has 0 radical (unpaired) electrons. The lowest BCUT2D eigenvalue weighted by Crippen LogP contribution is -2.39. The molecular weight excluding hydrogens is 196 g/mol. The Morgan fingerprint density at radius 2 is 1.93 bits per heavy atom. The fourth-order valence-corrected chi connectivity index (χ4v) is 1.70. The molecule has 2 rings (SSSR count). The average molecular weight is 206 g/mol. The topological polar surface area (TPSA) is 77.8 Å². The zero-order chi connectivity index (χ0) is 11.1. The first kappa shape index (κ1) is 9.89. The molecule has 4 heteroatoms. The van der Waals surface area contributed by atoms with Gasteiger partial charge >= 0.3 is 5.97 Å². The molecule has 0 saturated heterocycles. The van der Waals surface area contributed by atoms with Crippen molar-refractivity contribution in [1.29, 1.82) is 0 Å². The molecule has 0 unspecified atom stereocenters. The number of carboxylic acid groups (broad SMARTS) is 1. The first-order valence-corrected chi connectivity index (χ1v) is 4.49. The monoisotopic (exact) mass is 206 g/mol. The van der Waals surface area contributed by atoms with Crippen LogP contribution < -0.4 is 0 Å². The van der Waals surface area contributed by atoms with Crippen LogP contribution in [0.15, 0.2) is 29.8 Å². The van der Waals surface area contributed by atoms with Crippen molar-refractivity contribution in [2.75, 3.05) is 0 Å². The van der Waals surface area contributed by atoms with Crippen molar-refractivity contribution in [3.8, 4) is 0 Å². The van der Waals surface area contributed by atoms with E-state index in [0.29, 0.717) is 5.56 Å². The summed E-state index contributed by atoms with van der Waals surface area (Å²) in [7, 11) is 0. The Morgan fingerprint density at radius 3 is 2.60 bits per heavy atom. The van der Waals surface area contributed by atoms with E-state index in [2.05, 4.69) is 0 Å². The summed E-state index contributed by atoms with van der Waals surface area (Å²) in [6, 6.07) is 7.03. The summed E-state index contributed by atoms with van der Waals surface area (Å²) in [6.45, 7) is 0. The minimum atomic E-state index is -2.28. The highest BCUT2D eigenvalue weighted by molar-refractivity contribution is 5.95. The molecule has 4 nitrogen and oxygen atoms in total. The van der Waals surface area contributed by atoms with Gasteiger partial charge in [-0.3, -0.25) is 0 Å². The number of fused-ring (bicyclic) bond motifs is 1. The van der Waals surface area contributed by atoms with Crippen LogP contribution in [0.2, 0.25) is 0 Å². The van der Waals surface area contributed by atoms with Crippen LogP contribution in [-0.2, 0) is 11.2 Å². The van der Waals surface area contributed by atoms with Gasteiger partial charge in [-0.2, -0.15) is 0 Å². The van der Waals surface area contributed by atoms with Gasteiger partial charge in [-0.1, -0.05) is 24.3 Å². The Kier molecular flexibility index (Phi) is 2.10. The lowest BCUT2D eigenvalue weighted by atomic mass is 9.87. The van der Waals surface area contributed by atoms with Crippen LogP contribution in [0.25, 0.3) is 6.08 Å². The summed E-state index contributed by atoms with van der Waals surface area (Å²) < 4.78 is 0. The number of benzene rings is 1. The Morgan fingerprint density at radius 1 is 1.27 bits per heavy atom. The minimum Gasteiger partial charge on any atom is -0.478 e. The van der Waals surface area contributed by atoms with Crippen LogP contribution in [0.1, 0.15) is 11.1 Å². The smallest absolute Gasteiger partial charge is 0.337 e. The van der Waals surface area contributed by atoms with Crippen molar-refractivity contribution in [2.45, 2.75) is 12.2 Å². The zero-order valence-electron chi connectivity index (χ0n) is 7.84. The molecule has 1 aliphatic carbocycles. The lowest BCUT2D eigenvalue weighted by molar-refractivity contribution is -0.153. The molecule has 0 saturated carbocycles. The second-order valence-corrected chi connectivity index (χ2v) is 3.56. The van der Waals surface area contributed by atoms with E-state index in [1.807, 2.05) is 0 Å². The van der Waals surface area contributed by atoms with E-state index >= 15 is 0 Å². The third-order valence-corrected chi connectivity index (χ3v) is 2.45. The molecule has 78 valence electrons. The van der Waals surface area contributed by atoms with Gasteiger partial charge in [0.15, 0.2) is 0 Å². The van der Waals surface area contributed by atoms with Crippen molar-refractivity contribution in [3.63, 3.8) is 0 Å². The van der Waals surface area contributed by atoms with Gasteiger partial charge in [-0.15, -0.1) is 0 Å². The van der Waals surface area contributed by atoms with Gasteiger partial charge in [0.25, 0.3) is 0 Å². The third kappa shape index (κ3) is 1.65. The van der Waals surface area contributed by atoms with Gasteiger partial charge in [0.1, 0.15) is 0 Å². The molecule has 1 aliphatic rings. The Hall–Kier alpha value is -1.65. The second-order valence-electron chi connectivity index (χ2n) is 3.56. The third-order valence-electron chi connectivity index (χ3n) is 2.45. The van der Waals surface area contributed by atoms with E-state index in [9.17, 15) is 15.0 Å². The van der Waals surface area contributed by atoms with Crippen LogP contribution in [0, 0.1) is 0 Å². The van der Waals surface area contributed by atoms with Crippen LogP contribution in [-0.4, -0.2) is 27.1 Å². The fraction of sp³-hybridized carbons (Fsp3) is 0.182. The number of carboxylic acids is 1. The van der Waals surface area contributed by atoms with E-state index in [-0.39, 0.29) is 12.0 Å². The Balaban J connectivity index is 2.57. The highest BCUT2D eigenvalue weighted by Crippen LogP contribution is 2.29. The molecule has 0 fully saturated rings. The molecule has 0 atom stereocenters. The van der Waals surface area contributed by atoms with Crippen molar-refractivity contribution in [2.24, 2.45) is 0 Å². The summed E-state index contributed by atoms with van der Waals surface area (Å²) in [6.07, 6.45) is 1.20. The maximum absolute atomic E-state index is 10.8. The predicted octanol–water partition coefficient (Wildman–Crippen LogP) is 0.392. The molecule has 3 N–H and O–H groups in total. The second kappa shape index (κ2) is 3.18. The number of aliphatic hydroxyl groups is 2. The normalized spacial score (nSPS) is 17.9. The molecule has 1 aromatic rings. The summed E-state index contributed by atoms with van der Waals surface area (Å²) in [4.78, 5) is 10.8. The van der Waals surface area contributed by atoms with Crippen molar-refractivity contribution >= 4 is 12.0 Å². The molecule has 0 aromatic heterocycles. The maximum atomic E-state index is 10.8. The van der Waals surface area contributed by atoms with E-state index in [1.54, 1.807) is 24.3 Å². The SMILES string of the molecule is O=C(O)C1=Cc2ccccc2CC1(O)O. The molecule has 0 heterocycles. The van der Waals surface area contributed by atoms with Crippen molar-refractivity contribution in [1.82, 2.24) is 0 Å². The van der Waals surface area contributed by atoms with Crippen LogP contribution >= 0.6 is 0 Å². The highest BCUT2D eigenvalue weighted by atomic mass is 16.5. The average Bonchev–Trinajstić information content (AvgIpc) is 2.14. The van der Waals surface area contributed by atoms with Gasteiger partial charge < -0.3 is 15.3 Å². The van der Waals surface area contributed by atoms with Gasteiger partial charge in [0.2, 0.25) is 5.79 Å². The minimum absolute atomic E-state index is 0.0959. The van der Waals surface area contributed by atoms with Gasteiger partial charge in [-0.05, 0) is 17.2 Å². The lowest BCUT2D eigenvalue weighted by Gasteiger charge is -2.27. The molecular formula is C11H10O4. The number of aliphatic carboxylic acids is 1. The van der Waals surface area contributed by atoms with Crippen LogP contribution in [0.4, 0.5) is 0 Å². The largest absolute Gasteiger partial charge is 0.478 e. The Labute approximate surface area is 86.1 Å². The van der Waals surface area contributed by atoms with Crippen molar-refractivity contribution in [3.05, 3.63) is 41.0 Å².